The molecule has 1 saturated heterocycles. The average Bonchev–Trinajstić information content (AvgIpc) is 2.39. The smallest absolute Gasteiger partial charge is 0.150 e. The van der Waals surface area contributed by atoms with Crippen molar-refractivity contribution >= 4 is 12.0 Å². The van der Waals surface area contributed by atoms with Crippen LogP contribution in [0.2, 0.25) is 0 Å². The van der Waals surface area contributed by atoms with Crippen molar-refractivity contribution in [2.45, 2.75) is 25.4 Å². The van der Waals surface area contributed by atoms with E-state index in [1.807, 2.05) is 37.1 Å². The summed E-state index contributed by atoms with van der Waals surface area (Å²) >= 11 is 0. The molecule has 0 unspecified atom stereocenters. The van der Waals surface area contributed by atoms with Gasteiger partial charge in [-0.3, -0.25) is 4.79 Å². The second kappa shape index (κ2) is 5.72. The van der Waals surface area contributed by atoms with Crippen LogP contribution in [0.25, 0.3) is 0 Å². The van der Waals surface area contributed by atoms with Gasteiger partial charge in [-0.2, -0.15) is 0 Å². The van der Waals surface area contributed by atoms with Crippen molar-refractivity contribution in [3.63, 3.8) is 0 Å². The van der Waals surface area contributed by atoms with E-state index in [0.29, 0.717) is 38.2 Å². The molecule has 1 aromatic carbocycles. The summed E-state index contributed by atoms with van der Waals surface area (Å²) in [6, 6.07) is 5.72. The predicted molar refractivity (Wildman–Crippen MR) is 74.8 cm³/mol. The van der Waals surface area contributed by atoms with Crippen LogP contribution in [-0.4, -0.2) is 43.8 Å². The van der Waals surface area contributed by atoms with Gasteiger partial charge >= 0.3 is 0 Å². The minimum atomic E-state index is -0.676. The Labute approximate surface area is 114 Å². The summed E-state index contributed by atoms with van der Waals surface area (Å²) in [4.78, 5) is 12.8. The maximum atomic E-state index is 10.8. The number of carbonyl (C=O) groups excluding carboxylic acids is 1. The summed E-state index contributed by atoms with van der Waals surface area (Å²) in [6.45, 7) is 3.74. The number of aryl methyl sites for hydroxylation is 1. The fraction of sp³-hybridized carbons (Fsp3) is 0.533. The van der Waals surface area contributed by atoms with E-state index in [1.54, 1.807) is 0 Å². The average molecular weight is 263 g/mol. The fourth-order valence-electron chi connectivity index (χ4n) is 2.47. The van der Waals surface area contributed by atoms with Crippen molar-refractivity contribution in [3.05, 3.63) is 29.3 Å². The first-order valence-electron chi connectivity index (χ1n) is 6.61. The molecule has 0 spiro atoms. The Hall–Kier alpha value is -1.39. The maximum Gasteiger partial charge on any atom is 0.150 e. The zero-order chi connectivity index (χ0) is 13.9. The van der Waals surface area contributed by atoms with Crippen LogP contribution < -0.4 is 4.90 Å². The van der Waals surface area contributed by atoms with Gasteiger partial charge in [-0.1, -0.05) is 0 Å². The van der Waals surface area contributed by atoms with E-state index in [0.717, 1.165) is 17.5 Å². The molecule has 0 aromatic heterocycles. The number of rotatable bonds is 4. The van der Waals surface area contributed by atoms with Gasteiger partial charge in [0.15, 0.2) is 0 Å². The Kier molecular flexibility index (Phi) is 4.22. The number of aliphatic hydroxyl groups is 1. The number of hydrogen-bond donors (Lipinski definition) is 1. The van der Waals surface area contributed by atoms with E-state index in [-0.39, 0.29) is 0 Å². The lowest BCUT2D eigenvalue weighted by atomic mass is 9.93. The Morgan fingerprint density at radius 2 is 2.11 bits per heavy atom. The predicted octanol–water partition coefficient (Wildman–Crippen LogP) is 1.79. The van der Waals surface area contributed by atoms with E-state index in [1.165, 1.54) is 0 Å². The zero-order valence-corrected chi connectivity index (χ0v) is 11.6. The molecule has 4 heteroatoms. The van der Waals surface area contributed by atoms with Gasteiger partial charge in [-0.15, -0.1) is 0 Å². The summed E-state index contributed by atoms with van der Waals surface area (Å²) in [6.07, 6.45) is 2.20. The lowest BCUT2D eigenvalue weighted by molar-refractivity contribution is -0.0572. The lowest BCUT2D eigenvalue weighted by Gasteiger charge is -2.36. The standard InChI is InChI=1S/C15H21NO3/c1-12-9-14(4-3-13(12)10-17)16(2)11-15(18)5-7-19-8-6-15/h3-4,9-10,18H,5-8,11H2,1-2H3. The van der Waals surface area contributed by atoms with Gasteiger partial charge in [-0.25, -0.2) is 0 Å². The molecule has 104 valence electrons. The third-order valence-electron chi connectivity index (χ3n) is 3.78. The quantitative estimate of drug-likeness (QED) is 0.841. The van der Waals surface area contributed by atoms with E-state index in [2.05, 4.69) is 0 Å². The molecular weight excluding hydrogens is 242 g/mol. The molecule has 1 aromatic rings. The van der Waals surface area contributed by atoms with Crippen molar-refractivity contribution in [1.82, 2.24) is 0 Å². The highest BCUT2D eigenvalue weighted by Gasteiger charge is 2.31. The van der Waals surface area contributed by atoms with E-state index in [4.69, 9.17) is 4.74 Å². The van der Waals surface area contributed by atoms with Crippen molar-refractivity contribution in [3.8, 4) is 0 Å². The van der Waals surface area contributed by atoms with Crippen LogP contribution in [0.3, 0.4) is 0 Å². The Morgan fingerprint density at radius 1 is 1.42 bits per heavy atom. The first kappa shape index (κ1) is 14.0. The van der Waals surface area contributed by atoms with Crippen molar-refractivity contribution in [1.29, 1.82) is 0 Å². The van der Waals surface area contributed by atoms with Crippen LogP contribution in [0.5, 0.6) is 0 Å². The second-order valence-electron chi connectivity index (χ2n) is 5.35. The Morgan fingerprint density at radius 3 is 2.68 bits per heavy atom. The van der Waals surface area contributed by atoms with Crippen LogP contribution in [0.1, 0.15) is 28.8 Å². The van der Waals surface area contributed by atoms with Gasteiger partial charge in [0.25, 0.3) is 0 Å². The topological polar surface area (TPSA) is 49.8 Å². The number of carbonyl (C=O) groups is 1. The van der Waals surface area contributed by atoms with Crippen LogP contribution in [0.4, 0.5) is 5.69 Å². The van der Waals surface area contributed by atoms with Gasteiger partial charge in [0.1, 0.15) is 6.29 Å². The zero-order valence-electron chi connectivity index (χ0n) is 11.6. The van der Waals surface area contributed by atoms with Crippen LogP contribution in [0, 0.1) is 6.92 Å². The number of aldehydes is 1. The molecule has 0 radical (unpaired) electrons. The molecule has 0 amide bonds. The molecule has 1 aliphatic heterocycles. The highest BCUT2D eigenvalue weighted by atomic mass is 16.5. The van der Waals surface area contributed by atoms with Crippen molar-refractivity contribution in [2.24, 2.45) is 0 Å². The molecule has 1 aliphatic rings. The normalized spacial score (nSPS) is 18.1. The third kappa shape index (κ3) is 3.33. The van der Waals surface area contributed by atoms with Crippen LogP contribution in [0.15, 0.2) is 18.2 Å². The molecular formula is C15H21NO3. The summed E-state index contributed by atoms with van der Waals surface area (Å²) < 4.78 is 5.28. The molecule has 1 N–H and O–H groups in total. The molecule has 4 nitrogen and oxygen atoms in total. The van der Waals surface area contributed by atoms with E-state index >= 15 is 0 Å². The lowest BCUT2D eigenvalue weighted by Crippen LogP contribution is -2.45. The third-order valence-corrected chi connectivity index (χ3v) is 3.78. The van der Waals surface area contributed by atoms with Crippen molar-refractivity contribution < 1.29 is 14.6 Å². The van der Waals surface area contributed by atoms with Crippen molar-refractivity contribution in [2.75, 3.05) is 31.7 Å². The summed E-state index contributed by atoms with van der Waals surface area (Å²) in [5, 5.41) is 10.5. The molecule has 0 bridgehead atoms. The second-order valence-corrected chi connectivity index (χ2v) is 5.35. The minimum absolute atomic E-state index is 0.580. The molecule has 0 atom stereocenters. The minimum Gasteiger partial charge on any atom is -0.388 e. The first-order valence-corrected chi connectivity index (χ1v) is 6.61. The van der Waals surface area contributed by atoms with Crippen LogP contribution >= 0.6 is 0 Å². The molecule has 0 aliphatic carbocycles. The van der Waals surface area contributed by atoms with Gasteiger partial charge in [0, 0.05) is 50.9 Å². The number of likely N-dealkylation sites (N-methyl/N-ethyl adjacent to an activating group) is 1. The highest BCUT2D eigenvalue weighted by molar-refractivity contribution is 5.78. The number of anilines is 1. The van der Waals surface area contributed by atoms with Gasteiger partial charge in [0.05, 0.1) is 5.60 Å². The Balaban J connectivity index is 2.08. The number of ether oxygens (including phenoxy) is 1. The summed E-state index contributed by atoms with van der Waals surface area (Å²) in [7, 11) is 1.96. The van der Waals surface area contributed by atoms with Gasteiger partial charge < -0.3 is 14.7 Å². The monoisotopic (exact) mass is 263 g/mol. The van der Waals surface area contributed by atoms with Crippen LogP contribution in [-0.2, 0) is 4.74 Å². The molecule has 0 saturated carbocycles. The van der Waals surface area contributed by atoms with Gasteiger partial charge in [-0.05, 0) is 30.7 Å². The number of nitrogens with zero attached hydrogens (tertiary/aromatic N) is 1. The molecule has 2 rings (SSSR count). The van der Waals surface area contributed by atoms with E-state index in [9.17, 15) is 9.90 Å². The van der Waals surface area contributed by atoms with Gasteiger partial charge in [0.2, 0.25) is 0 Å². The fourth-order valence-corrected chi connectivity index (χ4v) is 2.47. The SMILES string of the molecule is Cc1cc(N(C)CC2(O)CCOCC2)ccc1C=O. The number of benzene rings is 1. The summed E-state index contributed by atoms with van der Waals surface area (Å²) in [5.41, 5.74) is 2.01. The first-order chi connectivity index (χ1) is 9.04. The molecule has 19 heavy (non-hydrogen) atoms. The Bertz CT molecular complexity index is 453. The highest BCUT2D eigenvalue weighted by Crippen LogP contribution is 2.25. The molecule has 1 fully saturated rings. The van der Waals surface area contributed by atoms with E-state index < -0.39 is 5.60 Å². The maximum absolute atomic E-state index is 10.8. The summed E-state index contributed by atoms with van der Waals surface area (Å²) in [5.74, 6) is 0. The largest absolute Gasteiger partial charge is 0.388 e. The number of hydrogen-bond acceptors (Lipinski definition) is 4. The molecule has 1 heterocycles.